The van der Waals surface area contributed by atoms with Crippen LogP contribution in [-0.4, -0.2) is 65.3 Å². The quantitative estimate of drug-likeness (QED) is 0.217. The first-order chi connectivity index (χ1) is 23.0. The van der Waals surface area contributed by atoms with E-state index in [1.54, 1.807) is 11.3 Å². The van der Waals surface area contributed by atoms with Crippen molar-refractivity contribution in [3.63, 3.8) is 0 Å². The van der Waals surface area contributed by atoms with Crippen molar-refractivity contribution in [1.82, 2.24) is 4.90 Å². The Hall–Kier alpha value is -2.84. The average Bonchev–Trinajstić information content (AvgIpc) is 3.63. The van der Waals surface area contributed by atoms with Gasteiger partial charge in [0.2, 0.25) is 0 Å². The van der Waals surface area contributed by atoms with E-state index in [4.69, 9.17) is 0 Å². The lowest BCUT2D eigenvalue weighted by Crippen LogP contribution is -2.67. The molecule has 7 heteroatoms. The van der Waals surface area contributed by atoms with Crippen molar-refractivity contribution in [2.24, 2.45) is 33.5 Å². The number of halogens is 1. The zero-order valence-corrected chi connectivity index (χ0v) is 28.9. The van der Waals surface area contributed by atoms with Crippen molar-refractivity contribution in [3.8, 4) is 0 Å². The number of rotatable bonds is 5. The van der Waals surface area contributed by atoms with Crippen molar-refractivity contribution < 1.29 is 19.4 Å². The SMILES string of the molecule is CC12CCC(O)CC13C=CC1(C(C(=O)c4cc5ccccc5s4)=C3)C2CCC2(C)C1CCC2(O)CN1CCN(c2ccc(F)cc2)CC1. The van der Waals surface area contributed by atoms with Gasteiger partial charge in [0.05, 0.1) is 16.6 Å². The van der Waals surface area contributed by atoms with Crippen LogP contribution in [0, 0.1) is 39.3 Å². The molecule has 7 aliphatic rings. The zero-order chi connectivity index (χ0) is 33.1. The van der Waals surface area contributed by atoms with Gasteiger partial charge in [0.1, 0.15) is 5.82 Å². The fraction of sp³-hybridized carbons (Fsp3) is 0.537. The largest absolute Gasteiger partial charge is 0.393 e. The van der Waals surface area contributed by atoms with Crippen molar-refractivity contribution in [1.29, 1.82) is 0 Å². The van der Waals surface area contributed by atoms with E-state index in [9.17, 15) is 19.4 Å². The van der Waals surface area contributed by atoms with Crippen LogP contribution in [0.3, 0.4) is 0 Å². The molecule has 3 aromatic rings. The normalized spacial score (nSPS) is 40.4. The van der Waals surface area contributed by atoms with Gasteiger partial charge in [0, 0.05) is 64.9 Å². The van der Waals surface area contributed by atoms with Crippen LogP contribution in [0.1, 0.15) is 68.5 Å². The number of hydrogen-bond donors (Lipinski definition) is 2. The van der Waals surface area contributed by atoms with E-state index in [0.29, 0.717) is 18.9 Å². The smallest absolute Gasteiger partial charge is 0.199 e. The van der Waals surface area contributed by atoms with Gasteiger partial charge >= 0.3 is 0 Å². The highest BCUT2D eigenvalue weighted by Gasteiger charge is 2.74. The van der Waals surface area contributed by atoms with Crippen LogP contribution in [0.15, 0.2) is 78.4 Å². The second kappa shape index (κ2) is 10.6. The fourth-order valence-electron chi connectivity index (χ4n) is 12.0. The summed E-state index contributed by atoms with van der Waals surface area (Å²) in [5.74, 6) is 0.370. The highest BCUT2D eigenvalue weighted by Crippen LogP contribution is 2.78. The van der Waals surface area contributed by atoms with Gasteiger partial charge in [-0.2, -0.15) is 0 Å². The van der Waals surface area contributed by atoms with Crippen molar-refractivity contribution in [2.75, 3.05) is 37.6 Å². The van der Waals surface area contributed by atoms with Crippen LogP contribution in [0.4, 0.5) is 10.1 Å². The van der Waals surface area contributed by atoms with E-state index < -0.39 is 11.0 Å². The molecule has 3 saturated carbocycles. The summed E-state index contributed by atoms with van der Waals surface area (Å²) in [4.78, 5) is 20.5. The molecule has 0 amide bonds. The molecule has 1 saturated heterocycles. The number of ketones is 1. The Kier molecular flexibility index (Phi) is 6.87. The van der Waals surface area contributed by atoms with E-state index in [2.05, 4.69) is 60.1 Å². The summed E-state index contributed by atoms with van der Waals surface area (Å²) in [7, 11) is 0. The number of allylic oxidation sites excluding steroid dienone is 4. The molecule has 2 aromatic carbocycles. The van der Waals surface area contributed by atoms with Gasteiger partial charge in [0.25, 0.3) is 0 Å². The van der Waals surface area contributed by atoms with Crippen LogP contribution < -0.4 is 4.90 Å². The number of β-amino-alcohol motifs (C(OH)–C–C–N with tert-alkyl or cyclic N) is 1. The second-order valence-electron chi connectivity index (χ2n) is 16.5. The Bertz CT molecular complexity index is 1810. The van der Waals surface area contributed by atoms with Crippen LogP contribution in [0.2, 0.25) is 0 Å². The third kappa shape index (κ3) is 4.14. The van der Waals surface area contributed by atoms with E-state index in [-0.39, 0.29) is 39.9 Å². The number of hydrogen-bond acceptors (Lipinski definition) is 6. The number of fused-ring (bicyclic) bond motifs is 2. The maximum Gasteiger partial charge on any atom is 0.199 e. The predicted molar refractivity (Wildman–Crippen MR) is 190 cm³/mol. The molecule has 2 bridgehead atoms. The number of aliphatic hydroxyl groups is 2. The minimum atomic E-state index is -0.856. The molecule has 2 spiro atoms. The van der Waals surface area contributed by atoms with Crippen LogP contribution >= 0.6 is 11.3 Å². The Morgan fingerprint density at radius 3 is 2.40 bits per heavy atom. The molecule has 0 radical (unpaired) electrons. The van der Waals surface area contributed by atoms with Crippen molar-refractivity contribution in [2.45, 2.75) is 70.5 Å². The summed E-state index contributed by atoms with van der Waals surface area (Å²) in [6.07, 6.45) is 12.8. The summed E-state index contributed by atoms with van der Waals surface area (Å²) < 4.78 is 14.7. The fourth-order valence-corrected chi connectivity index (χ4v) is 13.0. The second-order valence-corrected chi connectivity index (χ2v) is 17.6. The molecule has 8 atom stereocenters. The number of piperazine rings is 1. The summed E-state index contributed by atoms with van der Waals surface area (Å²) in [5, 5.41) is 25.0. The molecule has 4 fully saturated rings. The summed E-state index contributed by atoms with van der Waals surface area (Å²) in [5.41, 5.74) is -0.0289. The van der Waals surface area contributed by atoms with Gasteiger partial charge in [-0.25, -0.2) is 4.39 Å². The van der Waals surface area contributed by atoms with Gasteiger partial charge in [0.15, 0.2) is 5.78 Å². The highest BCUT2D eigenvalue weighted by atomic mass is 32.1. The third-order valence-electron chi connectivity index (χ3n) is 14.7. The van der Waals surface area contributed by atoms with Crippen LogP contribution in [-0.2, 0) is 0 Å². The average molecular weight is 667 g/mol. The van der Waals surface area contributed by atoms with Gasteiger partial charge in [-0.15, -0.1) is 11.3 Å². The molecule has 6 aliphatic carbocycles. The standard InChI is InChI=1S/C41H47FN2O3S/c1-37-14-11-30(45)24-39(37)17-18-41(31(25-39)36(46)33-23-27-5-3-4-6-32(27)48-33)34(37)12-15-38(2)35(41)13-16-40(38,47)26-43-19-21-44(22-20-43)29-9-7-28(42)8-10-29/h3-10,17-18,23,25,30,34-35,45,47H,11-16,19-22,24,26H2,1-2H3. The molecule has 252 valence electrons. The van der Waals surface area contributed by atoms with E-state index >= 15 is 0 Å². The molecule has 1 aromatic heterocycles. The number of anilines is 1. The first-order valence-corrected chi connectivity index (χ1v) is 18.9. The maximum absolute atomic E-state index is 15.0. The Morgan fingerprint density at radius 1 is 0.917 bits per heavy atom. The van der Waals surface area contributed by atoms with E-state index in [0.717, 1.165) is 90.9 Å². The molecular formula is C41H47FN2O3S. The summed E-state index contributed by atoms with van der Waals surface area (Å²) in [6, 6.07) is 17.1. The molecule has 2 N–H and O–H groups in total. The van der Waals surface area contributed by atoms with E-state index in [1.807, 2.05) is 24.3 Å². The van der Waals surface area contributed by atoms with Crippen LogP contribution in [0.5, 0.6) is 0 Å². The Balaban J connectivity index is 1.06. The number of nitrogens with zero attached hydrogens (tertiary/aromatic N) is 2. The first kappa shape index (κ1) is 31.2. The van der Waals surface area contributed by atoms with Gasteiger partial charge in [-0.3, -0.25) is 9.69 Å². The predicted octanol–water partition coefficient (Wildman–Crippen LogP) is 7.64. The monoisotopic (exact) mass is 666 g/mol. The molecule has 5 nitrogen and oxygen atoms in total. The number of aliphatic hydroxyl groups excluding tert-OH is 1. The topological polar surface area (TPSA) is 64.0 Å². The number of benzene rings is 2. The molecule has 1 aliphatic heterocycles. The molecule has 2 heterocycles. The van der Waals surface area contributed by atoms with E-state index in [1.165, 1.54) is 12.1 Å². The molecule has 8 unspecified atom stereocenters. The van der Waals surface area contributed by atoms with Gasteiger partial charge < -0.3 is 15.1 Å². The van der Waals surface area contributed by atoms with Crippen LogP contribution in [0.25, 0.3) is 10.1 Å². The van der Waals surface area contributed by atoms with Gasteiger partial charge in [-0.05, 0) is 104 Å². The highest BCUT2D eigenvalue weighted by molar-refractivity contribution is 7.21. The zero-order valence-electron chi connectivity index (χ0n) is 28.1. The lowest BCUT2D eigenvalue weighted by Gasteiger charge is -2.71. The lowest BCUT2D eigenvalue weighted by atomic mass is 9.32. The first-order valence-electron chi connectivity index (χ1n) is 18.1. The summed E-state index contributed by atoms with van der Waals surface area (Å²) >= 11 is 1.59. The Morgan fingerprint density at radius 2 is 1.62 bits per heavy atom. The lowest BCUT2D eigenvalue weighted by molar-refractivity contribution is -0.176. The maximum atomic E-state index is 15.0. The number of carbonyl (C=O) groups excluding carboxylic acids is 1. The minimum Gasteiger partial charge on any atom is -0.393 e. The minimum absolute atomic E-state index is 0.0381. The third-order valence-corrected chi connectivity index (χ3v) is 15.8. The van der Waals surface area contributed by atoms with Crippen molar-refractivity contribution >= 4 is 32.9 Å². The number of thiophene rings is 1. The summed E-state index contributed by atoms with van der Waals surface area (Å²) in [6.45, 7) is 8.82. The van der Waals surface area contributed by atoms with Crippen molar-refractivity contribution in [3.05, 3.63) is 89.1 Å². The molecule has 10 rings (SSSR count). The molecular weight excluding hydrogens is 620 g/mol. The van der Waals surface area contributed by atoms with Gasteiger partial charge in [-0.1, -0.05) is 50.3 Å². The Labute approximate surface area is 287 Å². The number of Topliss-reactive ketones (excluding diaryl/α,β-unsaturated/α-hetero) is 1. The number of carbonyl (C=O) groups is 1. The molecule has 48 heavy (non-hydrogen) atoms.